The summed E-state index contributed by atoms with van der Waals surface area (Å²) in [5.41, 5.74) is 6.31. The third-order valence-corrected chi connectivity index (χ3v) is 4.56. The Bertz CT molecular complexity index is 563. The van der Waals surface area contributed by atoms with Gasteiger partial charge in [0, 0.05) is 0 Å². The molecule has 0 N–H and O–H groups in total. The molecule has 0 bridgehead atoms. The lowest BCUT2D eigenvalue weighted by atomic mass is 9.72. The second-order valence-corrected chi connectivity index (χ2v) is 7.02. The van der Waals surface area contributed by atoms with Crippen LogP contribution in [0.3, 0.4) is 0 Å². The fourth-order valence-electron chi connectivity index (χ4n) is 2.85. The Morgan fingerprint density at radius 3 is 2.36 bits per heavy atom. The lowest BCUT2D eigenvalue weighted by Gasteiger charge is -2.32. The molecule has 1 nitrogen and oxygen atoms in total. The van der Waals surface area contributed by atoms with Gasteiger partial charge in [-0.1, -0.05) is 55.4 Å². The van der Waals surface area contributed by atoms with Crippen LogP contribution in [0.4, 0.5) is 0 Å². The van der Waals surface area contributed by atoms with Gasteiger partial charge < -0.3 is 0 Å². The molecule has 1 heteroatoms. The third-order valence-electron chi connectivity index (χ3n) is 4.56. The molecule has 0 radical (unpaired) electrons. The molecule has 22 heavy (non-hydrogen) atoms. The van der Waals surface area contributed by atoms with Gasteiger partial charge in [0.1, 0.15) is 6.29 Å². The van der Waals surface area contributed by atoms with Crippen LogP contribution in [0.5, 0.6) is 0 Å². The highest BCUT2D eigenvalue weighted by molar-refractivity contribution is 5.74. The maximum Gasteiger partial charge on any atom is 0.146 e. The monoisotopic (exact) mass is 298 g/mol. The van der Waals surface area contributed by atoms with Gasteiger partial charge in [-0.05, 0) is 69.1 Å². The molecular weight excluding hydrogens is 268 g/mol. The van der Waals surface area contributed by atoms with Crippen LogP contribution in [0.1, 0.15) is 60.8 Å². The standard InChI is InChI=1S/C21H30O/c1-16(9-7-10-17(2)19(4)15-22)12-13-20-18(3)11-8-14-21(20,5)6/h7,9-10,12-13,15H,8,11,14H2,1-6H3/b10-7-,13-12+,16-9-,19-17+. The molecule has 0 unspecified atom stereocenters. The molecule has 1 rings (SSSR count). The summed E-state index contributed by atoms with van der Waals surface area (Å²) < 4.78 is 0. The molecule has 0 aromatic carbocycles. The SMILES string of the molecule is CC1=C(/C=C/C(C)=C\C=C/C(C)=C(\C)C=O)C(C)(C)CCC1. The fourth-order valence-corrected chi connectivity index (χ4v) is 2.85. The lowest BCUT2D eigenvalue weighted by molar-refractivity contribution is -0.104. The van der Waals surface area contributed by atoms with Gasteiger partial charge in [0.05, 0.1) is 0 Å². The average molecular weight is 298 g/mol. The Morgan fingerprint density at radius 2 is 1.77 bits per heavy atom. The van der Waals surface area contributed by atoms with E-state index in [-0.39, 0.29) is 5.41 Å². The zero-order chi connectivity index (χ0) is 16.8. The Balaban J connectivity index is 2.84. The van der Waals surface area contributed by atoms with E-state index in [1.165, 1.54) is 36.0 Å². The summed E-state index contributed by atoms with van der Waals surface area (Å²) in [6.45, 7) is 12.8. The first-order chi connectivity index (χ1) is 10.3. The summed E-state index contributed by atoms with van der Waals surface area (Å²) >= 11 is 0. The third kappa shape index (κ3) is 5.29. The van der Waals surface area contributed by atoms with Gasteiger partial charge >= 0.3 is 0 Å². The molecule has 0 aromatic heterocycles. The maximum atomic E-state index is 10.7. The van der Waals surface area contributed by atoms with Gasteiger partial charge in [-0.25, -0.2) is 0 Å². The highest BCUT2D eigenvalue weighted by Crippen LogP contribution is 2.40. The van der Waals surface area contributed by atoms with Crippen LogP contribution in [0.2, 0.25) is 0 Å². The van der Waals surface area contributed by atoms with E-state index in [1.807, 2.05) is 26.0 Å². The zero-order valence-electron chi connectivity index (χ0n) is 15.0. The summed E-state index contributed by atoms with van der Waals surface area (Å²) in [6.07, 6.45) is 15.2. The van der Waals surface area contributed by atoms with E-state index in [9.17, 15) is 4.79 Å². The van der Waals surface area contributed by atoms with Crippen molar-refractivity contribution < 1.29 is 4.79 Å². The van der Waals surface area contributed by atoms with E-state index in [1.54, 1.807) is 0 Å². The van der Waals surface area contributed by atoms with Crippen LogP contribution in [-0.2, 0) is 4.79 Å². The van der Waals surface area contributed by atoms with Crippen molar-refractivity contribution in [3.8, 4) is 0 Å². The van der Waals surface area contributed by atoms with Crippen molar-refractivity contribution in [2.24, 2.45) is 5.41 Å². The number of carbonyl (C=O) groups is 1. The van der Waals surface area contributed by atoms with E-state index >= 15 is 0 Å². The molecule has 0 aliphatic heterocycles. The van der Waals surface area contributed by atoms with Crippen LogP contribution in [0.25, 0.3) is 0 Å². The number of rotatable bonds is 5. The van der Waals surface area contributed by atoms with Crippen LogP contribution in [-0.4, -0.2) is 6.29 Å². The minimum atomic E-state index is 0.287. The molecule has 0 aromatic rings. The maximum absolute atomic E-state index is 10.7. The van der Waals surface area contributed by atoms with Gasteiger partial charge in [-0.15, -0.1) is 0 Å². The second-order valence-electron chi connectivity index (χ2n) is 7.02. The van der Waals surface area contributed by atoms with Gasteiger partial charge in [-0.3, -0.25) is 4.79 Å². The first-order valence-corrected chi connectivity index (χ1v) is 8.14. The van der Waals surface area contributed by atoms with Crippen molar-refractivity contribution in [1.29, 1.82) is 0 Å². The number of hydrogen-bond acceptors (Lipinski definition) is 1. The zero-order valence-corrected chi connectivity index (χ0v) is 15.0. The van der Waals surface area contributed by atoms with E-state index in [0.717, 1.165) is 17.4 Å². The van der Waals surface area contributed by atoms with Crippen LogP contribution in [0.15, 0.2) is 58.2 Å². The summed E-state index contributed by atoms with van der Waals surface area (Å²) in [6, 6.07) is 0. The van der Waals surface area contributed by atoms with Crippen molar-refractivity contribution >= 4 is 6.29 Å². The molecule has 0 spiro atoms. The molecule has 0 saturated carbocycles. The van der Waals surface area contributed by atoms with Gasteiger partial charge in [-0.2, -0.15) is 0 Å². The topological polar surface area (TPSA) is 17.1 Å². The predicted molar refractivity (Wildman–Crippen MR) is 96.8 cm³/mol. The Labute approximate surface area is 136 Å². The quantitative estimate of drug-likeness (QED) is 0.340. The Hall–Kier alpha value is -1.63. The van der Waals surface area contributed by atoms with Crippen molar-refractivity contribution in [3.05, 3.63) is 58.2 Å². The summed E-state index contributed by atoms with van der Waals surface area (Å²) in [4.78, 5) is 10.7. The van der Waals surface area contributed by atoms with E-state index in [2.05, 4.69) is 45.9 Å². The van der Waals surface area contributed by atoms with Crippen molar-refractivity contribution in [2.45, 2.75) is 60.8 Å². The molecule has 0 amide bonds. The largest absolute Gasteiger partial charge is 0.298 e. The van der Waals surface area contributed by atoms with E-state index in [0.29, 0.717) is 0 Å². The summed E-state index contributed by atoms with van der Waals surface area (Å²) in [5, 5.41) is 0. The molecule has 1 aliphatic carbocycles. The predicted octanol–water partition coefficient (Wildman–Crippen LogP) is 6.11. The molecular formula is C21H30O. The summed E-state index contributed by atoms with van der Waals surface area (Å²) in [5.74, 6) is 0. The van der Waals surface area contributed by atoms with E-state index in [4.69, 9.17) is 0 Å². The van der Waals surface area contributed by atoms with Gasteiger partial charge in [0.2, 0.25) is 0 Å². The van der Waals surface area contributed by atoms with Crippen LogP contribution >= 0.6 is 0 Å². The molecule has 120 valence electrons. The van der Waals surface area contributed by atoms with E-state index < -0.39 is 0 Å². The number of carbonyl (C=O) groups excluding carboxylic acids is 1. The van der Waals surface area contributed by atoms with Crippen LogP contribution < -0.4 is 0 Å². The lowest BCUT2D eigenvalue weighted by Crippen LogP contribution is -2.19. The van der Waals surface area contributed by atoms with Gasteiger partial charge in [0.25, 0.3) is 0 Å². The highest BCUT2D eigenvalue weighted by atomic mass is 16.1. The normalized spacial score (nSPS) is 20.7. The Morgan fingerprint density at radius 1 is 1.09 bits per heavy atom. The number of allylic oxidation sites excluding steroid dienone is 10. The second kappa shape index (κ2) is 8.12. The Kier molecular flexibility index (Phi) is 6.80. The molecule has 0 saturated heterocycles. The van der Waals surface area contributed by atoms with Crippen molar-refractivity contribution in [2.75, 3.05) is 0 Å². The molecule has 1 aliphatic rings. The van der Waals surface area contributed by atoms with Crippen molar-refractivity contribution in [1.82, 2.24) is 0 Å². The molecule has 0 heterocycles. The first kappa shape index (κ1) is 18.4. The molecule has 0 fully saturated rings. The molecule has 0 atom stereocenters. The average Bonchev–Trinajstić information content (AvgIpc) is 2.45. The minimum Gasteiger partial charge on any atom is -0.298 e. The summed E-state index contributed by atoms with van der Waals surface area (Å²) in [7, 11) is 0. The fraction of sp³-hybridized carbons (Fsp3) is 0.476. The highest BCUT2D eigenvalue weighted by Gasteiger charge is 2.26. The number of aldehydes is 1. The van der Waals surface area contributed by atoms with Gasteiger partial charge in [0.15, 0.2) is 0 Å². The minimum absolute atomic E-state index is 0.287. The van der Waals surface area contributed by atoms with Crippen LogP contribution in [0, 0.1) is 5.41 Å². The van der Waals surface area contributed by atoms with Crippen molar-refractivity contribution in [3.63, 3.8) is 0 Å². The first-order valence-electron chi connectivity index (χ1n) is 8.14. The smallest absolute Gasteiger partial charge is 0.146 e. The number of hydrogen-bond donors (Lipinski definition) is 0.